The number of nitrogens with one attached hydrogen (secondary N) is 2. The summed E-state index contributed by atoms with van der Waals surface area (Å²) in [4.78, 5) is 28.4. The third kappa shape index (κ3) is 7.01. The molecule has 0 bridgehead atoms. The van der Waals surface area contributed by atoms with E-state index in [2.05, 4.69) is 15.6 Å². The van der Waals surface area contributed by atoms with Gasteiger partial charge in [0.25, 0.3) is 11.8 Å². The molecule has 0 fully saturated rings. The van der Waals surface area contributed by atoms with Crippen molar-refractivity contribution in [1.29, 1.82) is 0 Å². The first kappa shape index (κ1) is 23.6. The maximum atomic E-state index is 13.3. The van der Waals surface area contributed by atoms with Crippen molar-refractivity contribution in [2.24, 2.45) is 0 Å². The van der Waals surface area contributed by atoms with E-state index in [4.69, 9.17) is 16.3 Å². The molecule has 3 N–H and O–H groups in total. The van der Waals surface area contributed by atoms with E-state index >= 15 is 0 Å². The minimum atomic E-state index is -0.859. The van der Waals surface area contributed by atoms with Crippen LogP contribution in [0.4, 0.5) is 4.39 Å². The molecule has 0 aliphatic carbocycles. The van der Waals surface area contributed by atoms with Crippen LogP contribution in [-0.4, -0.2) is 47.7 Å². The maximum absolute atomic E-state index is 13.3. The highest BCUT2D eigenvalue weighted by Gasteiger charge is 2.13. The predicted octanol–water partition coefficient (Wildman–Crippen LogP) is 3.28. The van der Waals surface area contributed by atoms with Gasteiger partial charge in [0.2, 0.25) is 0 Å². The van der Waals surface area contributed by atoms with Crippen LogP contribution in [0.1, 0.15) is 16.9 Å². The molecule has 0 aliphatic rings. The minimum Gasteiger partial charge on any atom is -0.484 e. The molecule has 32 heavy (non-hydrogen) atoms. The number of carbonyl (C=O) groups is 2. The molecule has 0 radical (unpaired) electrons. The van der Waals surface area contributed by atoms with Gasteiger partial charge >= 0.3 is 0 Å². The predicted molar refractivity (Wildman–Crippen MR) is 120 cm³/mol. The van der Waals surface area contributed by atoms with E-state index in [1.165, 1.54) is 23.5 Å². The number of halogens is 2. The quantitative estimate of drug-likeness (QED) is 0.416. The molecular weight excluding hydrogens is 457 g/mol. The third-order valence-corrected chi connectivity index (χ3v) is 5.51. The number of ether oxygens (including phenoxy) is 1. The molecule has 2 aromatic carbocycles. The number of rotatable bonds is 10. The fourth-order valence-corrected chi connectivity index (χ4v) is 3.56. The van der Waals surface area contributed by atoms with E-state index in [0.717, 1.165) is 16.6 Å². The molecule has 1 atom stereocenters. The minimum absolute atomic E-state index is 0.0120. The Kier molecular flexibility index (Phi) is 8.55. The average molecular weight is 478 g/mol. The second-order valence-corrected chi connectivity index (χ2v) is 8.04. The Morgan fingerprint density at radius 1 is 1.19 bits per heavy atom. The van der Waals surface area contributed by atoms with Crippen molar-refractivity contribution in [2.45, 2.75) is 12.5 Å². The average Bonchev–Trinajstić information content (AvgIpc) is 3.29. The lowest BCUT2D eigenvalue weighted by Crippen LogP contribution is -2.37. The molecule has 1 heterocycles. The number of carbonyl (C=O) groups excluding carboxylic acids is 2. The number of aliphatic hydroxyl groups is 1. The molecule has 7 nitrogen and oxygen atoms in total. The van der Waals surface area contributed by atoms with Crippen molar-refractivity contribution in [3.05, 3.63) is 70.4 Å². The Bertz CT molecular complexity index is 1060. The van der Waals surface area contributed by atoms with Gasteiger partial charge in [0.05, 0.1) is 11.1 Å². The zero-order valence-corrected chi connectivity index (χ0v) is 18.5. The molecule has 0 aliphatic heterocycles. The van der Waals surface area contributed by atoms with Gasteiger partial charge < -0.3 is 20.5 Å². The number of benzene rings is 2. The van der Waals surface area contributed by atoms with E-state index < -0.39 is 17.8 Å². The van der Waals surface area contributed by atoms with Gasteiger partial charge in [0.1, 0.15) is 22.3 Å². The van der Waals surface area contributed by atoms with Crippen molar-refractivity contribution in [2.75, 3.05) is 19.7 Å². The monoisotopic (exact) mass is 477 g/mol. The van der Waals surface area contributed by atoms with E-state index in [1.807, 2.05) is 30.3 Å². The van der Waals surface area contributed by atoms with E-state index in [9.17, 15) is 19.1 Å². The van der Waals surface area contributed by atoms with Gasteiger partial charge in [-0.1, -0.05) is 41.9 Å². The molecule has 0 spiro atoms. The highest BCUT2D eigenvalue weighted by Crippen LogP contribution is 2.23. The lowest BCUT2D eigenvalue weighted by atomic mass is 10.2. The summed E-state index contributed by atoms with van der Waals surface area (Å²) in [7, 11) is 0. The van der Waals surface area contributed by atoms with Gasteiger partial charge in [-0.05, 0) is 18.6 Å². The van der Waals surface area contributed by atoms with Crippen molar-refractivity contribution >= 4 is 34.8 Å². The molecule has 3 rings (SSSR count). The molecule has 0 saturated heterocycles. The van der Waals surface area contributed by atoms with Crippen LogP contribution in [0.5, 0.6) is 5.75 Å². The second-order valence-electron chi connectivity index (χ2n) is 6.77. The molecule has 10 heteroatoms. The molecule has 0 saturated carbocycles. The summed E-state index contributed by atoms with van der Waals surface area (Å²) in [5.74, 6) is -1.28. The molecule has 1 aromatic heterocycles. The zero-order valence-electron chi connectivity index (χ0n) is 16.9. The second kappa shape index (κ2) is 11.6. The van der Waals surface area contributed by atoms with Crippen LogP contribution in [0.15, 0.2) is 53.9 Å². The number of thiazole rings is 1. The highest BCUT2D eigenvalue weighted by molar-refractivity contribution is 7.13. The van der Waals surface area contributed by atoms with Crippen LogP contribution in [-0.2, 0) is 4.79 Å². The lowest BCUT2D eigenvalue weighted by Gasteiger charge is -2.13. The van der Waals surface area contributed by atoms with E-state index in [1.54, 1.807) is 5.38 Å². The standard InChI is InChI=1S/C22H21ClFN3O4S/c23-17-7-6-16(10-18(17)24)31-12-20(29)26-11-15(28)8-9-25-21(30)19-13-32-22(27-19)14-4-2-1-3-5-14/h1-7,10,13,15,28H,8-9,11-12H2,(H,25,30)(H,26,29)/t15-/m0/s1. The Labute approximate surface area is 193 Å². The SMILES string of the molecule is O=C(COc1ccc(Cl)c(F)c1)NC[C@@H](O)CCNC(=O)c1csc(-c2ccccc2)n1. The number of hydrogen-bond acceptors (Lipinski definition) is 6. The van der Waals surface area contributed by atoms with E-state index in [0.29, 0.717) is 5.69 Å². The Morgan fingerprint density at radius 3 is 2.72 bits per heavy atom. The molecular formula is C22H21ClFN3O4S. The van der Waals surface area contributed by atoms with Crippen molar-refractivity contribution in [3.63, 3.8) is 0 Å². The Balaban J connectivity index is 1.33. The van der Waals surface area contributed by atoms with Crippen molar-refractivity contribution in [1.82, 2.24) is 15.6 Å². The van der Waals surface area contributed by atoms with Crippen molar-refractivity contribution < 1.29 is 23.8 Å². The van der Waals surface area contributed by atoms with Crippen molar-refractivity contribution in [3.8, 4) is 16.3 Å². The summed E-state index contributed by atoms with van der Waals surface area (Å²) in [5, 5.41) is 17.6. The first-order chi connectivity index (χ1) is 15.4. The summed E-state index contributed by atoms with van der Waals surface area (Å²) in [6.45, 7) is -0.130. The van der Waals surface area contributed by atoms with Crippen LogP contribution in [0, 0.1) is 5.82 Å². The largest absolute Gasteiger partial charge is 0.484 e. The van der Waals surface area contributed by atoms with Gasteiger partial charge in [0, 0.05) is 30.1 Å². The Hall–Kier alpha value is -3.01. The van der Waals surface area contributed by atoms with Crippen LogP contribution in [0.3, 0.4) is 0 Å². The summed E-state index contributed by atoms with van der Waals surface area (Å²) in [6.07, 6.45) is -0.618. The fourth-order valence-electron chi connectivity index (χ4n) is 2.63. The van der Waals surface area contributed by atoms with Gasteiger partial charge in [-0.25, -0.2) is 9.37 Å². The summed E-state index contributed by atoms with van der Waals surface area (Å²) < 4.78 is 18.5. The number of amides is 2. The lowest BCUT2D eigenvalue weighted by molar-refractivity contribution is -0.123. The van der Waals surface area contributed by atoms with E-state index in [-0.39, 0.29) is 42.8 Å². The van der Waals surface area contributed by atoms with Gasteiger partial charge in [-0.2, -0.15) is 0 Å². The Morgan fingerprint density at radius 2 is 1.97 bits per heavy atom. The van der Waals surface area contributed by atoms with Crippen LogP contribution >= 0.6 is 22.9 Å². The molecule has 168 valence electrons. The first-order valence-electron chi connectivity index (χ1n) is 9.74. The highest BCUT2D eigenvalue weighted by atomic mass is 35.5. The normalized spacial score (nSPS) is 11.6. The van der Waals surface area contributed by atoms with Crippen LogP contribution in [0.2, 0.25) is 5.02 Å². The van der Waals surface area contributed by atoms with Gasteiger partial charge in [-0.15, -0.1) is 11.3 Å². The first-order valence-corrected chi connectivity index (χ1v) is 11.0. The van der Waals surface area contributed by atoms with Crippen LogP contribution < -0.4 is 15.4 Å². The number of hydrogen-bond donors (Lipinski definition) is 3. The molecule has 2 amide bonds. The molecule has 0 unspecified atom stereocenters. The van der Waals surface area contributed by atoms with Crippen LogP contribution in [0.25, 0.3) is 10.6 Å². The fraction of sp³-hybridized carbons (Fsp3) is 0.227. The number of nitrogens with zero attached hydrogens (tertiary/aromatic N) is 1. The third-order valence-electron chi connectivity index (χ3n) is 4.32. The smallest absolute Gasteiger partial charge is 0.270 e. The van der Waals surface area contributed by atoms with Gasteiger partial charge in [0.15, 0.2) is 6.61 Å². The number of aromatic nitrogens is 1. The summed E-state index contributed by atoms with van der Waals surface area (Å²) in [6, 6.07) is 13.4. The summed E-state index contributed by atoms with van der Waals surface area (Å²) in [5.41, 5.74) is 1.25. The zero-order chi connectivity index (χ0) is 22.9. The summed E-state index contributed by atoms with van der Waals surface area (Å²) >= 11 is 6.96. The van der Waals surface area contributed by atoms with Gasteiger partial charge in [-0.3, -0.25) is 9.59 Å². The topological polar surface area (TPSA) is 101 Å². The number of aliphatic hydroxyl groups excluding tert-OH is 1. The molecule has 3 aromatic rings. The maximum Gasteiger partial charge on any atom is 0.270 e.